The van der Waals surface area contributed by atoms with Crippen LogP contribution in [0.2, 0.25) is 0 Å². The quantitative estimate of drug-likeness (QED) is 0.0730. The number of aliphatic hydroxyl groups excluding tert-OH is 13. The third-order valence-electron chi connectivity index (χ3n) is 20.1. The topological polar surface area (TPSA) is 366 Å². The summed E-state index contributed by atoms with van der Waals surface area (Å²) >= 11 is 0. The molecule has 23 nitrogen and oxygen atoms in total. The van der Waals surface area contributed by atoms with Crippen molar-refractivity contribution in [2.45, 2.75) is 240 Å². The van der Waals surface area contributed by atoms with Gasteiger partial charge in [0.25, 0.3) is 0 Å². The van der Waals surface area contributed by atoms with E-state index in [0.29, 0.717) is 43.4 Å². The van der Waals surface area contributed by atoms with Crippen LogP contribution in [0.5, 0.6) is 0 Å². The molecule has 9 rings (SSSR count). The summed E-state index contributed by atoms with van der Waals surface area (Å²) in [6.07, 6.45) is -22.7. The van der Waals surface area contributed by atoms with Crippen LogP contribution in [0.4, 0.5) is 0 Å². The molecule has 9 fully saturated rings. The first-order valence-corrected chi connectivity index (χ1v) is 27.2. The highest BCUT2D eigenvalue weighted by molar-refractivity contribution is 5.15. The van der Waals surface area contributed by atoms with Crippen molar-refractivity contribution in [1.29, 1.82) is 0 Å². The third-order valence-corrected chi connectivity index (χ3v) is 20.1. The van der Waals surface area contributed by atoms with Gasteiger partial charge in [0.15, 0.2) is 30.9 Å². The van der Waals surface area contributed by atoms with Gasteiger partial charge in [-0.05, 0) is 111 Å². The largest absolute Gasteiger partial charge is 0.394 e. The van der Waals surface area contributed by atoms with Gasteiger partial charge in [-0.3, -0.25) is 0 Å². The maximum atomic E-state index is 12.1. The number of fused-ring (bicyclic) bond motifs is 7. The number of aliphatic hydroxyl groups is 14. The molecule has 74 heavy (non-hydrogen) atoms. The van der Waals surface area contributed by atoms with E-state index in [1.807, 2.05) is 6.92 Å². The molecule has 23 heteroatoms. The van der Waals surface area contributed by atoms with Crippen molar-refractivity contribution in [3.05, 3.63) is 0 Å². The Hall–Kier alpha value is -0.920. The van der Waals surface area contributed by atoms with E-state index >= 15 is 0 Å². The first-order valence-electron chi connectivity index (χ1n) is 27.2. The van der Waals surface area contributed by atoms with Crippen LogP contribution in [0.1, 0.15) is 98.8 Å². The van der Waals surface area contributed by atoms with Crippen LogP contribution in [-0.2, 0) is 42.6 Å². The molecule has 0 aromatic carbocycles. The second-order valence-corrected chi connectivity index (χ2v) is 24.3. The van der Waals surface area contributed by atoms with Crippen LogP contribution >= 0.6 is 0 Å². The zero-order valence-corrected chi connectivity index (χ0v) is 43.1. The van der Waals surface area contributed by atoms with Gasteiger partial charge in [-0.2, -0.15) is 0 Å². The molecule has 428 valence electrons. The fourth-order valence-electron chi connectivity index (χ4n) is 15.6. The highest BCUT2D eigenvalue weighted by Gasteiger charge is 2.68. The molecule has 0 radical (unpaired) electrons. The summed E-state index contributed by atoms with van der Waals surface area (Å²) in [5.41, 5.74) is -0.0583. The summed E-state index contributed by atoms with van der Waals surface area (Å²) in [4.78, 5) is 0. The SMILES string of the molecule is C[C@@H](CC[C@@]1(O)O[C@H]2C[C@H]3[C@@H]4CC[C@@H]5C[C@@H](O[C@@H]6O[C@H](CO)[C@@H](O[C@H]7O[C@H](CO)[C@@H](O)[C@H](O)[C@H]7O)[C@H](O)[C@H]6O[C@@H]6O[C@@H](C)[C@H](O)[C@@H](O)[C@H]6O)CC[C@]5(C)[C@H]4CC[C@]3(C)[C@H]2[C@@H]1C)CO[C@@H]1O[C@H](CO)[C@@H](O)[C@H](O)[C@H]1O. The minimum Gasteiger partial charge on any atom is -0.394 e. The minimum atomic E-state index is -1.85. The van der Waals surface area contributed by atoms with Crippen molar-refractivity contribution in [1.82, 2.24) is 0 Å². The molecule has 0 bridgehead atoms. The summed E-state index contributed by atoms with van der Waals surface area (Å²) in [5.74, 6) is 0.202. The molecule has 9 aliphatic rings. The number of rotatable bonds is 15. The Labute approximate surface area is 431 Å². The number of hydrogen-bond acceptors (Lipinski definition) is 23. The van der Waals surface area contributed by atoms with Crippen LogP contribution < -0.4 is 0 Å². The fraction of sp³-hybridized carbons (Fsp3) is 1.00. The van der Waals surface area contributed by atoms with Crippen molar-refractivity contribution in [2.75, 3.05) is 26.4 Å². The molecule has 0 aromatic heterocycles. The summed E-state index contributed by atoms with van der Waals surface area (Å²) in [6, 6.07) is 0. The Morgan fingerprint density at radius 3 is 1.77 bits per heavy atom. The summed E-state index contributed by atoms with van der Waals surface area (Å²) in [5, 5.41) is 149. The monoisotopic (exact) mass is 1070 g/mol. The predicted molar refractivity (Wildman–Crippen MR) is 250 cm³/mol. The lowest BCUT2D eigenvalue weighted by Crippen LogP contribution is -2.67. The summed E-state index contributed by atoms with van der Waals surface area (Å²) < 4.78 is 54.5. The van der Waals surface area contributed by atoms with Gasteiger partial charge in [0.2, 0.25) is 0 Å². The molecule has 0 spiro atoms. The molecular formula is C51H86O23. The van der Waals surface area contributed by atoms with Gasteiger partial charge in [-0.25, -0.2) is 0 Å². The van der Waals surface area contributed by atoms with Crippen molar-refractivity contribution in [3.63, 3.8) is 0 Å². The molecule has 0 unspecified atom stereocenters. The third kappa shape index (κ3) is 10.3. The normalized spacial score (nSPS) is 56.0. The van der Waals surface area contributed by atoms with E-state index in [1.165, 1.54) is 6.92 Å². The lowest BCUT2D eigenvalue weighted by atomic mass is 9.44. The molecule has 0 aromatic rings. The number of ether oxygens (including phenoxy) is 9. The van der Waals surface area contributed by atoms with E-state index in [4.69, 9.17) is 42.6 Å². The van der Waals surface area contributed by atoms with Crippen LogP contribution in [0.3, 0.4) is 0 Å². The molecule has 5 heterocycles. The summed E-state index contributed by atoms with van der Waals surface area (Å²) in [6.45, 7) is 8.49. The van der Waals surface area contributed by atoms with Crippen molar-refractivity contribution in [3.8, 4) is 0 Å². The van der Waals surface area contributed by atoms with Gasteiger partial charge in [0.05, 0.1) is 44.7 Å². The Kier molecular flexibility index (Phi) is 17.6. The first-order chi connectivity index (χ1) is 35.0. The van der Waals surface area contributed by atoms with Gasteiger partial charge >= 0.3 is 0 Å². The van der Waals surface area contributed by atoms with E-state index in [2.05, 4.69) is 20.8 Å². The van der Waals surface area contributed by atoms with Gasteiger partial charge in [-0.15, -0.1) is 0 Å². The number of hydrogen-bond donors (Lipinski definition) is 14. The van der Waals surface area contributed by atoms with Crippen molar-refractivity contribution in [2.24, 2.45) is 52.3 Å². The zero-order valence-electron chi connectivity index (χ0n) is 43.1. The Bertz CT molecular complexity index is 1850. The van der Waals surface area contributed by atoms with Crippen LogP contribution in [-0.4, -0.2) is 239 Å². The minimum absolute atomic E-state index is 0.0171. The summed E-state index contributed by atoms with van der Waals surface area (Å²) in [7, 11) is 0. The van der Waals surface area contributed by atoms with Gasteiger partial charge < -0.3 is 114 Å². The van der Waals surface area contributed by atoms with Gasteiger partial charge in [0, 0.05) is 12.3 Å². The Morgan fingerprint density at radius 2 is 1.12 bits per heavy atom. The molecular weight excluding hydrogens is 981 g/mol. The molecule has 32 atom stereocenters. The Balaban J connectivity index is 0.833. The Morgan fingerprint density at radius 1 is 0.554 bits per heavy atom. The predicted octanol–water partition coefficient (Wildman–Crippen LogP) is -2.93. The second-order valence-electron chi connectivity index (χ2n) is 24.3. The van der Waals surface area contributed by atoms with Crippen molar-refractivity contribution >= 4 is 0 Å². The first kappa shape index (κ1) is 57.8. The van der Waals surface area contributed by atoms with Crippen LogP contribution in [0.15, 0.2) is 0 Å². The van der Waals surface area contributed by atoms with E-state index in [9.17, 15) is 71.5 Å². The molecule has 14 N–H and O–H groups in total. The molecule has 0 amide bonds. The highest BCUT2D eigenvalue weighted by Crippen LogP contribution is 2.71. The van der Waals surface area contributed by atoms with E-state index in [1.54, 1.807) is 0 Å². The lowest BCUT2D eigenvalue weighted by molar-refractivity contribution is -0.390. The molecule has 4 aliphatic carbocycles. The van der Waals surface area contributed by atoms with Crippen LogP contribution in [0, 0.1) is 52.3 Å². The maximum Gasteiger partial charge on any atom is 0.187 e. The lowest BCUT2D eigenvalue weighted by Gasteiger charge is -2.61. The molecule has 4 saturated carbocycles. The average molecular weight is 1070 g/mol. The van der Waals surface area contributed by atoms with Gasteiger partial charge in [0.1, 0.15) is 91.6 Å². The second kappa shape index (κ2) is 22.6. The highest BCUT2D eigenvalue weighted by atomic mass is 16.8. The van der Waals surface area contributed by atoms with Gasteiger partial charge in [-0.1, -0.05) is 27.7 Å². The van der Waals surface area contributed by atoms with E-state index in [0.717, 1.165) is 38.5 Å². The molecule has 5 aliphatic heterocycles. The van der Waals surface area contributed by atoms with E-state index < -0.39 is 155 Å². The van der Waals surface area contributed by atoms with E-state index in [-0.39, 0.29) is 47.2 Å². The van der Waals surface area contributed by atoms with Crippen molar-refractivity contribution < 1.29 is 114 Å². The maximum absolute atomic E-state index is 12.1. The zero-order chi connectivity index (χ0) is 53.5. The molecule has 5 saturated heterocycles. The standard InChI is InChI=1S/C51H86O23/c1-20(19-66-45-39(61)37(59)34(56)29(16-52)69-45)8-13-51(65)21(2)32-28(74-51)15-27-25-7-6-23-14-24(9-11-49(23,4)26(25)10-12-50(27,32)5)68-48-44(73-46-40(62)36(58)33(55)22(3)67-46)42(64)43(31(18-54)71-48)72-47-41(63)38(60)35(57)30(17-53)70-47/h20-48,52-65H,6-19H2,1-5H3/t20-,21-,22-,23+,24-,25+,26-,27-,28-,29+,30+,31+,32-,33-,34+,35+,36+,37-,38-,39+,40+,41+,42-,43+,44+,45+,46-,47+,48+,49-,50-,51+/m0/s1. The smallest absolute Gasteiger partial charge is 0.187 e. The fourth-order valence-corrected chi connectivity index (χ4v) is 15.6. The van der Waals surface area contributed by atoms with Crippen LogP contribution in [0.25, 0.3) is 0 Å². The average Bonchev–Trinajstić information content (AvgIpc) is 3.82.